The summed E-state index contributed by atoms with van der Waals surface area (Å²) in [7, 11) is -3.99. The van der Waals surface area contributed by atoms with E-state index in [2.05, 4.69) is 10.4 Å². The molecule has 0 aliphatic carbocycles. The number of phenolic OH excluding ortho intramolecular Hbond substituents is 1. The fraction of sp³-hybridized carbons (Fsp3) is 0.0667. The fourth-order valence-corrected chi connectivity index (χ4v) is 3.46. The predicted octanol–water partition coefficient (Wildman–Crippen LogP) is 0.671. The third-order valence-electron chi connectivity index (χ3n) is 3.20. The van der Waals surface area contributed by atoms with Gasteiger partial charge in [0.25, 0.3) is 10.0 Å². The second-order valence-electron chi connectivity index (χ2n) is 5.25. The Kier molecular flexibility index (Phi) is 6.72. The van der Waals surface area contributed by atoms with Crippen LogP contribution < -0.4 is 15.4 Å². The zero-order valence-electron chi connectivity index (χ0n) is 13.8. The van der Waals surface area contributed by atoms with Crippen LogP contribution in [-0.2, 0) is 14.8 Å². The van der Waals surface area contributed by atoms with Crippen molar-refractivity contribution in [2.75, 3.05) is 5.32 Å². The number of aromatic hydroxyl groups is 1. The van der Waals surface area contributed by atoms with Gasteiger partial charge in [-0.25, -0.2) is 10.0 Å². The second kappa shape index (κ2) is 8.62. The summed E-state index contributed by atoms with van der Waals surface area (Å²) in [6, 6.07) is 8.14. The normalized spacial score (nSPS) is 12.7. The average molecular weight is 506 g/mol. The van der Waals surface area contributed by atoms with Crippen LogP contribution in [0.3, 0.4) is 0 Å². The summed E-state index contributed by atoms with van der Waals surface area (Å²) in [6.07, 6.45) is 1.01. The lowest BCUT2D eigenvalue weighted by atomic mass is 10.2. The molecular formula is C15H15IN4O6S. The summed E-state index contributed by atoms with van der Waals surface area (Å²) >= 11 is 1.86. The number of nitrogens with zero attached hydrogens (tertiary/aromatic N) is 1. The molecule has 1 amide bonds. The summed E-state index contributed by atoms with van der Waals surface area (Å²) < 4.78 is 25.0. The molecule has 0 fully saturated rings. The zero-order chi connectivity index (χ0) is 20.2. The molecule has 0 spiro atoms. The predicted molar refractivity (Wildman–Crippen MR) is 105 cm³/mol. The lowest BCUT2D eigenvalue weighted by molar-refractivity contribution is -0.991. The van der Waals surface area contributed by atoms with Gasteiger partial charge in [-0.3, -0.25) is 4.79 Å². The first-order valence-electron chi connectivity index (χ1n) is 7.28. The van der Waals surface area contributed by atoms with E-state index in [1.165, 1.54) is 43.3 Å². The van der Waals surface area contributed by atoms with E-state index in [4.69, 9.17) is 5.21 Å². The second-order valence-corrected chi connectivity index (χ2v) is 8.16. The molecule has 2 rings (SSSR count). The van der Waals surface area contributed by atoms with Gasteiger partial charge in [0.15, 0.2) is 5.75 Å². The first-order valence-corrected chi connectivity index (χ1v) is 9.84. The van der Waals surface area contributed by atoms with E-state index in [0.717, 1.165) is 6.21 Å². The zero-order valence-corrected chi connectivity index (χ0v) is 16.8. The van der Waals surface area contributed by atoms with Crippen molar-refractivity contribution in [2.24, 2.45) is 5.10 Å². The number of amides is 1. The maximum Gasteiger partial charge on any atom is 0.276 e. The molecule has 12 heteroatoms. The Hall–Kier alpha value is -2.26. The van der Waals surface area contributed by atoms with E-state index < -0.39 is 21.0 Å². The summed E-state index contributed by atoms with van der Waals surface area (Å²) in [5.74, 6) is -0.808. The van der Waals surface area contributed by atoms with Crippen molar-refractivity contribution in [1.29, 1.82) is 0 Å². The van der Waals surface area contributed by atoms with Gasteiger partial charge in [-0.05, 0) is 52.9 Å². The summed E-state index contributed by atoms with van der Waals surface area (Å²) in [5.41, 5.74) is 0.165. The number of benzene rings is 2. The van der Waals surface area contributed by atoms with E-state index in [1.54, 1.807) is 0 Å². The average Bonchev–Trinajstić information content (AvgIpc) is 2.57. The number of hydrazone groups is 1. The van der Waals surface area contributed by atoms with E-state index in [0.29, 0.717) is 9.26 Å². The number of hydrogen-bond acceptors (Lipinski definition) is 7. The van der Waals surface area contributed by atoms with Gasteiger partial charge in [0, 0.05) is 27.8 Å². The number of halogens is 1. The van der Waals surface area contributed by atoms with Crippen molar-refractivity contribution in [3.8, 4) is 5.75 Å². The maximum atomic E-state index is 12.2. The maximum absolute atomic E-state index is 12.2. The van der Waals surface area contributed by atoms with Crippen LogP contribution in [0.2, 0.25) is 0 Å². The van der Waals surface area contributed by atoms with Crippen LogP contribution in [-0.4, -0.2) is 30.9 Å². The van der Waals surface area contributed by atoms with Gasteiger partial charge < -0.3 is 15.6 Å². The topological polar surface area (TPSA) is 156 Å². The summed E-state index contributed by atoms with van der Waals surface area (Å²) in [5, 5.41) is 34.9. The molecule has 0 radical (unpaired) electrons. The minimum atomic E-state index is -3.99. The number of carbonyl (C=O) groups is 1. The molecule has 0 aromatic heterocycles. The van der Waals surface area contributed by atoms with E-state index in [1.807, 2.05) is 27.4 Å². The highest BCUT2D eigenvalue weighted by molar-refractivity contribution is 14.1. The number of rotatable bonds is 6. The number of carbonyl (C=O) groups excluding carboxylic acids is 1. The molecule has 2 aromatic rings. The van der Waals surface area contributed by atoms with Crippen molar-refractivity contribution in [3.63, 3.8) is 0 Å². The summed E-state index contributed by atoms with van der Waals surface area (Å²) in [4.78, 5) is 12.9. The molecule has 0 saturated heterocycles. The first kappa shape index (κ1) is 21.0. The van der Waals surface area contributed by atoms with Crippen LogP contribution in [0, 0.1) is 8.78 Å². The van der Waals surface area contributed by atoms with Crippen LogP contribution in [0.5, 0.6) is 5.75 Å². The van der Waals surface area contributed by atoms with Crippen molar-refractivity contribution in [3.05, 3.63) is 50.7 Å². The lowest BCUT2D eigenvalue weighted by Gasteiger charge is -2.14. The molecule has 2 aromatic carbocycles. The van der Waals surface area contributed by atoms with E-state index >= 15 is 0 Å². The van der Waals surface area contributed by atoms with Gasteiger partial charge >= 0.3 is 0 Å². The molecule has 1 atom stereocenters. The third kappa shape index (κ3) is 5.61. The van der Waals surface area contributed by atoms with Crippen molar-refractivity contribution in [2.45, 2.75) is 11.8 Å². The van der Waals surface area contributed by atoms with Crippen LogP contribution in [0.25, 0.3) is 0 Å². The smallest absolute Gasteiger partial charge is 0.276 e. The summed E-state index contributed by atoms with van der Waals surface area (Å²) in [6.45, 7) is 1.33. The van der Waals surface area contributed by atoms with Gasteiger partial charge in [0.1, 0.15) is 0 Å². The Morgan fingerprint density at radius 2 is 1.93 bits per heavy atom. The van der Waals surface area contributed by atoms with Gasteiger partial charge in [-0.1, -0.05) is 0 Å². The number of anilines is 1. The van der Waals surface area contributed by atoms with Crippen LogP contribution in [0.15, 0.2) is 46.4 Å². The molecule has 0 heterocycles. The minimum Gasteiger partial charge on any atom is -0.595 e. The highest BCUT2D eigenvalue weighted by Crippen LogP contribution is 2.26. The molecular weight excluding hydrogens is 491 g/mol. The van der Waals surface area contributed by atoms with Crippen LogP contribution in [0.4, 0.5) is 11.4 Å². The highest BCUT2D eigenvalue weighted by Gasteiger charge is 2.15. The standard InChI is InChI=1S/C15H15IN4O6S/c1-9(21)18-12-2-4-13(5-3-12)27(25,26)19-17-8-10-6-11(16)7-14(15(10)22)20(23)24/h2-8,19-20,22-23H,1H3,(H,18,21)/b17-8-. The van der Waals surface area contributed by atoms with Gasteiger partial charge in [0.2, 0.25) is 11.6 Å². The molecule has 5 N–H and O–H groups in total. The molecule has 0 saturated carbocycles. The Labute approximate surface area is 168 Å². The lowest BCUT2D eigenvalue weighted by Crippen LogP contribution is -2.99. The molecule has 27 heavy (non-hydrogen) atoms. The van der Waals surface area contributed by atoms with Crippen LogP contribution >= 0.6 is 22.6 Å². The third-order valence-corrected chi connectivity index (χ3v) is 5.06. The number of sulfonamides is 1. The SMILES string of the molecule is CC(=O)Nc1ccc(S(=O)(=O)N/N=C\c2cc(I)cc([NH+]([O-])O)c2O)cc1. The van der Waals surface area contributed by atoms with E-state index in [9.17, 15) is 23.5 Å². The van der Waals surface area contributed by atoms with Gasteiger partial charge in [-0.2, -0.15) is 18.7 Å². The highest BCUT2D eigenvalue weighted by atomic mass is 127. The fourth-order valence-electron chi connectivity index (χ4n) is 2.02. The van der Waals surface area contributed by atoms with Crippen molar-refractivity contribution in [1.82, 2.24) is 4.83 Å². The molecule has 10 nitrogen and oxygen atoms in total. The first-order chi connectivity index (χ1) is 12.6. The van der Waals surface area contributed by atoms with Crippen molar-refractivity contribution < 1.29 is 28.8 Å². The number of nitrogens with one attached hydrogen (secondary N) is 3. The molecule has 1 unspecified atom stereocenters. The van der Waals surface area contributed by atoms with Crippen LogP contribution in [0.1, 0.15) is 12.5 Å². The molecule has 0 aliphatic rings. The van der Waals surface area contributed by atoms with Gasteiger partial charge in [0.05, 0.1) is 11.1 Å². The Bertz CT molecular complexity index is 977. The Morgan fingerprint density at radius 3 is 2.48 bits per heavy atom. The quantitative estimate of drug-likeness (QED) is 0.168. The van der Waals surface area contributed by atoms with Gasteiger partial charge in [-0.15, -0.1) is 0 Å². The molecule has 0 bridgehead atoms. The molecule has 144 valence electrons. The van der Waals surface area contributed by atoms with E-state index in [-0.39, 0.29) is 22.1 Å². The molecule has 0 aliphatic heterocycles. The Morgan fingerprint density at radius 1 is 1.30 bits per heavy atom. The number of quaternary nitrogens is 1. The largest absolute Gasteiger partial charge is 0.595 e. The van der Waals surface area contributed by atoms with Crippen molar-refractivity contribution >= 4 is 56.1 Å². The Balaban J connectivity index is 2.19. The number of phenols is 1. The minimum absolute atomic E-state index is 0.0445. The number of hydrogen-bond donors (Lipinski definition) is 5. The monoisotopic (exact) mass is 506 g/mol.